The molecule has 1 unspecified atom stereocenters. The third-order valence-corrected chi connectivity index (χ3v) is 6.46. The van der Waals surface area contributed by atoms with Crippen molar-refractivity contribution in [2.45, 2.75) is 60.2 Å². The molecule has 2 amide bonds. The smallest absolute Gasteiger partial charge is 0.244 e. The zero-order chi connectivity index (χ0) is 24.9. The van der Waals surface area contributed by atoms with Crippen molar-refractivity contribution in [2.75, 3.05) is 17.1 Å². The molecule has 1 N–H and O–H groups in total. The Labute approximate surface area is 197 Å². The van der Waals surface area contributed by atoms with Crippen molar-refractivity contribution in [3.05, 3.63) is 64.7 Å². The zero-order valence-electron chi connectivity index (χ0n) is 20.5. The van der Waals surface area contributed by atoms with E-state index in [1.807, 2.05) is 71.0 Å². The van der Waals surface area contributed by atoms with Crippen LogP contribution in [0.25, 0.3) is 0 Å². The Balaban J connectivity index is 2.42. The van der Waals surface area contributed by atoms with Gasteiger partial charge in [-0.05, 0) is 58.7 Å². The Morgan fingerprint density at radius 1 is 0.970 bits per heavy atom. The molecule has 0 spiro atoms. The van der Waals surface area contributed by atoms with Crippen molar-refractivity contribution < 1.29 is 18.0 Å². The van der Waals surface area contributed by atoms with Gasteiger partial charge in [-0.3, -0.25) is 13.9 Å². The Morgan fingerprint density at radius 3 is 2.15 bits per heavy atom. The molecule has 0 aliphatic carbocycles. The summed E-state index contributed by atoms with van der Waals surface area (Å²) in [6.07, 6.45) is 1.08. The van der Waals surface area contributed by atoms with Gasteiger partial charge < -0.3 is 10.2 Å². The van der Waals surface area contributed by atoms with E-state index in [1.54, 1.807) is 13.0 Å². The fourth-order valence-electron chi connectivity index (χ4n) is 3.67. The third kappa shape index (κ3) is 7.32. The molecule has 8 heteroatoms. The number of nitrogens with zero attached hydrogens (tertiary/aromatic N) is 2. The molecule has 33 heavy (non-hydrogen) atoms. The lowest BCUT2D eigenvalue weighted by Gasteiger charge is -2.32. The molecule has 2 aromatic carbocycles. The lowest BCUT2D eigenvalue weighted by Crippen LogP contribution is -2.52. The number of amides is 2. The molecule has 0 saturated carbocycles. The van der Waals surface area contributed by atoms with Crippen LogP contribution in [-0.2, 0) is 26.2 Å². The maximum atomic E-state index is 13.5. The second-order valence-electron chi connectivity index (χ2n) is 8.91. The number of rotatable bonds is 9. The second kappa shape index (κ2) is 10.8. The van der Waals surface area contributed by atoms with Gasteiger partial charge in [0.2, 0.25) is 21.8 Å². The monoisotopic (exact) mass is 473 g/mol. The first-order valence-corrected chi connectivity index (χ1v) is 12.8. The summed E-state index contributed by atoms with van der Waals surface area (Å²) in [7, 11) is -3.74. The quantitative estimate of drug-likeness (QED) is 0.605. The SMILES string of the molecule is Cc1cccc(CN(C(=O)CN(c2ccc(C)cc2C)S(C)(=O)=O)C(C)C(=O)NC(C)C)c1. The highest BCUT2D eigenvalue weighted by Gasteiger charge is 2.30. The number of aryl methyl sites for hydroxylation is 3. The summed E-state index contributed by atoms with van der Waals surface area (Å²) >= 11 is 0. The van der Waals surface area contributed by atoms with Gasteiger partial charge >= 0.3 is 0 Å². The molecule has 0 heterocycles. The lowest BCUT2D eigenvalue weighted by atomic mass is 10.1. The highest BCUT2D eigenvalue weighted by Crippen LogP contribution is 2.24. The van der Waals surface area contributed by atoms with Crippen LogP contribution in [0, 0.1) is 20.8 Å². The van der Waals surface area contributed by atoms with E-state index in [-0.39, 0.29) is 18.5 Å². The first-order chi connectivity index (χ1) is 15.3. The first-order valence-electron chi connectivity index (χ1n) is 11.0. The van der Waals surface area contributed by atoms with Crippen molar-refractivity contribution in [1.29, 1.82) is 0 Å². The van der Waals surface area contributed by atoms with Gasteiger partial charge in [0.05, 0.1) is 11.9 Å². The van der Waals surface area contributed by atoms with Crippen molar-refractivity contribution in [3.8, 4) is 0 Å². The van der Waals surface area contributed by atoms with Crippen LogP contribution in [0.3, 0.4) is 0 Å². The van der Waals surface area contributed by atoms with E-state index in [2.05, 4.69) is 5.32 Å². The van der Waals surface area contributed by atoms with Gasteiger partial charge in [0.15, 0.2) is 0 Å². The fraction of sp³-hybridized carbons (Fsp3) is 0.440. The number of hydrogen-bond donors (Lipinski definition) is 1. The van der Waals surface area contributed by atoms with Gasteiger partial charge in [0.1, 0.15) is 12.6 Å². The molecule has 0 bridgehead atoms. The van der Waals surface area contributed by atoms with Crippen LogP contribution >= 0.6 is 0 Å². The fourth-order valence-corrected chi connectivity index (χ4v) is 4.58. The van der Waals surface area contributed by atoms with E-state index >= 15 is 0 Å². The minimum Gasteiger partial charge on any atom is -0.352 e. The summed E-state index contributed by atoms with van der Waals surface area (Å²) in [6, 6.07) is 12.2. The number of sulfonamides is 1. The van der Waals surface area contributed by atoms with Gasteiger partial charge in [-0.2, -0.15) is 0 Å². The Hall–Kier alpha value is -2.87. The summed E-state index contributed by atoms with van der Waals surface area (Å²) in [5.41, 5.74) is 4.10. The van der Waals surface area contributed by atoms with Crippen LogP contribution in [0.4, 0.5) is 5.69 Å². The summed E-state index contributed by atoms with van der Waals surface area (Å²) in [4.78, 5) is 27.7. The maximum absolute atomic E-state index is 13.5. The molecule has 1 atom stereocenters. The predicted molar refractivity (Wildman–Crippen MR) is 133 cm³/mol. The molecule has 2 aromatic rings. The van der Waals surface area contributed by atoms with E-state index in [4.69, 9.17) is 0 Å². The van der Waals surface area contributed by atoms with E-state index in [9.17, 15) is 18.0 Å². The Morgan fingerprint density at radius 2 is 1.61 bits per heavy atom. The first kappa shape index (κ1) is 26.4. The zero-order valence-corrected chi connectivity index (χ0v) is 21.4. The van der Waals surface area contributed by atoms with Gasteiger partial charge in [0.25, 0.3) is 0 Å². The third-order valence-electron chi connectivity index (χ3n) is 5.33. The van der Waals surface area contributed by atoms with Crippen molar-refractivity contribution in [3.63, 3.8) is 0 Å². The average Bonchev–Trinajstić information content (AvgIpc) is 2.69. The molecule has 0 fully saturated rings. The van der Waals surface area contributed by atoms with E-state index in [0.29, 0.717) is 5.69 Å². The molecule has 0 aromatic heterocycles. The molecule has 0 saturated heterocycles. The van der Waals surface area contributed by atoms with Gasteiger partial charge in [-0.1, -0.05) is 47.5 Å². The maximum Gasteiger partial charge on any atom is 0.244 e. The van der Waals surface area contributed by atoms with Crippen LogP contribution in [0.5, 0.6) is 0 Å². The lowest BCUT2D eigenvalue weighted by molar-refractivity contribution is -0.139. The summed E-state index contributed by atoms with van der Waals surface area (Å²) < 4.78 is 26.4. The molecular formula is C25H35N3O4S. The summed E-state index contributed by atoms with van der Waals surface area (Å²) in [5.74, 6) is -0.739. The summed E-state index contributed by atoms with van der Waals surface area (Å²) in [5, 5.41) is 2.84. The number of carbonyl (C=O) groups is 2. The standard InChI is InChI=1S/C25H35N3O4S/c1-17(2)26-25(30)21(6)27(15-22-10-8-9-18(3)14-22)24(29)16-28(33(7,31)32)23-12-11-19(4)13-20(23)5/h8-14,17,21H,15-16H2,1-7H3,(H,26,30). The highest BCUT2D eigenvalue weighted by atomic mass is 32.2. The highest BCUT2D eigenvalue weighted by molar-refractivity contribution is 7.92. The van der Waals surface area contributed by atoms with Crippen molar-refractivity contribution in [1.82, 2.24) is 10.2 Å². The van der Waals surface area contributed by atoms with Crippen LogP contribution in [-0.4, -0.2) is 50.0 Å². The van der Waals surface area contributed by atoms with Crippen molar-refractivity contribution in [2.24, 2.45) is 0 Å². The average molecular weight is 474 g/mol. The largest absolute Gasteiger partial charge is 0.352 e. The number of nitrogens with one attached hydrogen (secondary N) is 1. The Bertz CT molecular complexity index is 1110. The molecule has 0 aliphatic heterocycles. The summed E-state index contributed by atoms with van der Waals surface area (Å²) in [6.45, 7) is 10.8. The number of anilines is 1. The predicted octanol–water partition coefficient (Wildman–Crippen LogP) is 3.32. The number of carbonyl (C=O) groups excluding carboxylic acids is 2. The second-order valence-corrected chi connectivity index (χ2v) is 10.8. The van der Waals surface area contributed by atoms with Gasteiger partial charge in [0, 0.05) is 12.6 Å². The van der Waals surface area contributed by atoms with Gasteiger partial charge in [-0.25, -0.2) is 8.42 Å². The minimum absolute atomic E-state index is 0.0846. The number of hydrogen-bond acceptors (Lipinski definition) is 4. The number of benzene rings is 2. The van der Waals surface area contributed by atoms with Crippen LogP contribution in [0.2, 0.25) is 0 Å². The van der Waals surface area contributed by atoms with E-state index in [1.165, 1.54) is 4.90 Å². The normalized spacial score (nSPS) is 12.4. The van der Waals surface area contributed by atoms with Crippen LogP contribution in [0.1, 0.15) is 43.0 Å². The van der Waals surface area contributed by atoms with Crippen LogP contribution < -0.4 is 9.62 Å². The van der Waals surface area contributed by atoms with Gasteiger partial charge in [-0.15, -0.1) is 0 Å². The van der Waals surface area contributed by atoms with E-state index in [0.717, 1.165) is 32.8 Å². The van der Waals surface area contributed by atoms with E-state index < -0.39 is 28.5 Å². The Kier molecular flexibility index (Phi) is 8.66. The molecule has 180 valence electrons. The molecule has 0 aliphatic rings. The molecule has 2 rings (SSSR count). The topological polar surface area (TPSA) is 86.8 Å². The molecule has 0 radical (unpaired) electrons. The van der Waals surface area contributed by atoms with Crippen molar-refractivity contribution >= 4 is 27.5 Å². The molecule has 7 nitrogen and oxygen atoms in total. The molecular weight excluding hydrogens is 438 g/mol. The minimum atomic E-state index is -3.74. The van der Waals surface area contributed by atoms with Crippen LogP contribution in [0.15, 0.2) is 42.5 Å².